The first-order chi connectivity index (χ1) is 12.6. The summed E-state index contributed by atoms with van der Waals surface area (Å²) in [6.07, 6.45) is 2.33. The van der Waals surface area contributed by atoms with Gasteiger partial charge in [-0.05, 0) is 37.3 Å². The molecule has 4 rings (SSSR count). The van der Waals surface area contributed by atoms with E-state index in [1.807, 2.05) is 46.4 Å². The third kappa shape index (κ3) is 3.44. The molecule has 136 valence electrons. The van der Waals surface area contributed by atoms with Crippen molar-refractivity contribution in [2.45, 2.75) is 26.2 Å². The van der Waals surface area contributed by atoms with E-state index in [0.717, 1.165) is 36.3 Å². The van der Waals surface area contributed by atoms with Gasteiger partial charge in [-0.1, -0.05) is 18.2 Å². The van der Waals surface area contributed by atoms with Crippen LogP contribution in [0, 0.1) is 12.8 Å². The number of hydrogen-bond acceptors (Lipinski definition) is 4. The number of fused-ring (bicyclic) bond motifs is 1. The lowest BCUT2D eigenvalue weighted by Crippen LogP contribution is -2.43. The zero-order valence-corrected chi connectivity index (χ0v) is 15.6. The monoisotopic (exact) mass is 370 g/mol. The SMILES string of the molecule is Cc1csc(NC(=O)N2CCC(CN3C(=O)Cc4ccccc43)CC2)n1. The van der Waals surface area contributed by atoms with E-state index in [9.17, 15) is 9.59 Å². The maximum absolute atomic E-state index is 12.4. The van der Waals surface area contributed by atoms with E-state index in [-0.39, 0.29) is 11.9 Å². The molecule has 0 saturated carbocycles. The van der Waals surface area contributed by atoms with Crippen LogP contribution in [0.3, 0.4) is 0 Å². The van der Waals surface area contributed by atoms with E-state index in [4.69, 9.17) is 0 Å². The molecule has 26 heavy (non-hydrogen) atoms. The van der Waals surface area contributed by atoms with Crippen molar-refractivity contribution >= 4 is 34.1 Å². The van der Waals surface area contributed by atoms with Gasteiger partial charge in [-0.25, -0.2) is 9.78 Å². The second-order valence-electron chi connectivity index (χ2n) is 6.96. The van der Waals surface area contributed by atoms with Crippen LogP contribution in [0.4, 0.5) is 15.6 Å². The van der Waals surface area contributed by atoms with Gasteiger partial charge in [0.15, 0.2) is 5.13 Å². The van der Waals surface area contributed by atoms with Crippen molar-refractivity contribution in [1.29, 1.82) is 0 Å². The average molecular weight is 370 g/mol. The second kappa shape index (κ2) is 7.07. The topological polar surface area (TPSA) is 65.5 Å². The Morgan fingerprint density at radius 3 is 2.81 bits per heavy atom. The number of urea groups is 1. The second-order valence-corrected chi connectivity index (χ2v) is 7.82. The zero-order valence-electron chi connectivity index (χ0n) is 14.8. The molecule has 0 aliphatic carbocycles. The predicted molar refractivity (Wildman–Crippen MR) is 103 cm³/mol. The molecule has 1 aromatic carbocycles. The highest BCUT2D eigenvalue weighted by molar-refractivity contribution is 7.13. The van der Waals surface area contributed by atoms with E-state index in [1.54, 1.807) is 0 Å². The molecule has 1 saturated heterocycles. The lowest BCUT2D eigenvalue weighted by Gasteiger charge is -2.33. The van der Waals surface area contributed by atoms with Crippen LogP contribution in [0.25, 0.3) is 0 Å². The van der Waals surface area contributed by atoms with Gasteiger partial charge in [0, 0.05) is 30.7 Å². The molecule has 0 radical (unpaired) electrons. The number of likely N-dealkylation sites (tertiary alicyclic amines) is 1. The highest BCUT2D eigenvalue weighted by Crippen LogP contribution is 2.31. The van der Waals surface area contributed by atoms with Gasteiger partial charge < -0.3 is 9.80 Å². The van der Waals surface area contributed by atoms with E-state index in [1.165, 1.54) is 11.3 Å². The van der Waals surface area contributed by atoms with E-state index < -0.39 is 0 Å². The van der Waals surface area contributed by atoms with Gasteiger partial charge in [0.2, 0.25) is 5.91 Å². The highest BCUT2D eigenvalue weighted by atomic mass is 32.1. The lowest BCUT2D eigenvalue weighted by atomic mass is 9.96. The van der Waals surface area contributed by atoms with Gasteiger partial charge in [0.05, 0.1) is 12.1 Å². The van der Waals surface area contributed by atoms with Crippen LogP contribution in [0.2, 0.25) is 0 Å². The van der Waals surface area contributed by atoms with E-state index >= 15 is 0 Å². The molecule has 0 atom stereocenters. The van der Waals surface area contributed by atoms with Crippen LogP contribution in [-0.4, -0.2) is 41.5 Å². The summed E-state index contributed by atoms with van der Waals surface area (Å²) in [5.74, 6) is 0.613. The normalized spacial score (nSPS) is 17.5. The molecule has 1 fully saturated rings. The fourth-order valence-corrected chi connectivity index (χ4v) is 4.35. The number of rotatable bonds is 3. The number of hydrogen-bond donors (Lipinski definition) is 1. The van der Waals surface area contributed by atoms with Crippen molar-refractivity contribution in [2.75, 3.05) is 29.9 Å². The van der Waals surface area contributed by atoms with Crippen molar-refractivity contribution in [3.05, 3.63) is 40.9 Å². The molecule has 2 aromatic rings. The molecule has 3 amide bonds. The number of thiazole rings is 1. The molecule has 2 aliphatic heterocycles. The Kier molecular flexibility index (Phi) is 4.63. The number of carbonyl (C=O) groups is 2. The van der Waals surface area contributed by atoms with E-state index in [0.29, 0.717) is 30.6 Å². The number of anilines is 2. The third-order valence-electron chi connectivity index (χ3n) is 5.10. The summed E-state index contributed by atoms with van der Waals surface area (Å²) in [6.45, 7) is 4.08. The van der Waals surface area contributed by atoms with Crippen molar-refractivity contribution in [3.8, 4) is 0 Å². The zero-order chi connectivity index (χ0) is 18.1. The number of piperidine rings is 1. The van der Waals surface area contributed by atoms with Gasteiger partial charge in [-0.3, -0.25) is 10.1 Å². The molecule has 0 spiro atoms. The van der Waals surface area contributed by atoms with Gasteiger partial charge in [-0.15, -0.1) is 11.3 Å². The van der Waals surface area contributed by atoms with Crippen molar-refractivity contribution < 1.29 is 9.59 Å². The summed E-state index contributed by atoms with van der Waals surface area (Å²) >= 11 is 1.44. The number of benzene rings is 1. The summed E-state index contributed by atoms with van der Waals surface area (Å²) in [4.78, 5) is 32.7. The van der Waals surface area contributed by atoms with Crippen LogP contribution >= 0.6 is 11.3 Å². The number of carbonyl (C=O) groups excluding carboxylic acids is 2. The van der Waals surface area contributed by atoms with Crippen molar-refractivity contribution in [3.63, 3.8) is 0 Å². The van der Waals surface area contributed by atoms with Gasteiger partial charge in [0.1, 0.15) is 0 Å². The Hall–Kier alpha value is -2.41. The first kappa shape index (κ1) is 17.0. The fraction of sp³-hybridized carbons (Fsp3) is 0.421. The third-order valence-corrected chi connectivity index (χ3v) is 5.98. The van der Waals surface area contributed by atoms with Gasteiger partial charge in [-0.2, -0.15) is 0 Å². The minimum atomic E-state index is -0.0830. The summed E-state index contributed by atoms with van der Waals surface area (Å²) in [6, 6.07) is 7.94. The number of aromatic nitrogens is 1. The Labute approximate surface area is 156 Å². The molecule has 2 aliphatic rings. The number of nitrogens with one attached hydrogen (secondary N) is 1. The molecule has 1 aromatic heterocycles. The van der Waals surface area contributed by atoms with Crippen LogP contribution in [-0.2, 0) is 11.2 Å². The van der Waals surface area contributed by atoms with Crippen LogP contribution in [0.5, 0.6) is 0 Å². The molecule has 7 heteroatoms. The summed E-state index contributed by atoms with van der Waals surface area (Å²) in [7, 11) is 0. The summed E-state index contributed by atoms with van der Waals surface area (Å²) < 4.78 is 0. The maximum Gasteiger partial charge on any atom is 0.323 e. The lowest BCUT2D eigenvalue weighted by molar-refractivity contribution is -0.117. The predicted octanol–water partition coefficient (Wildman–Crippen LogP) is 3.28. The Balaban J connectivity index is 1.31. The molecular weight excluding hydrogens is 348 g/mol. The first-order valence-corrected chi connectivity index (χ1v) is 9.84. The van der Waals surface area contributed by atoms with Gasteiger partial charge in [0.25, 0.3) is 0 Å². The molecular formula is C19H22N4O2S. The molecule has 3 heterocycles. The van der Waals surface area contributed by atoms with Crippen molar-refractivity contribution in [1.82, 2.24) is 9.88 Å². The highest BCUT2D eigenvalue weighted by Gasteiger charge is 2.31. The molecule has 0 unspecified atom stereocenters. The largest absolute Gasteiger partial charge is 0.324 e. The van der Waals surface area contributed by atoms with Crippen LogP contribution < -0.4 is 10.2 Å². The Morgan fingerprint density at radius 1 is 1.31 bits per heavy atom. The van der Waals surface area contributed by atoms with Crippen LogP contribution in [0.15, 0.2) is 29.6 Å². The number of amides is 3. The summed E-state index contributed by atoms with van der Waals surface area (Å²) in [5, 5.41) is 5.44. The maximum atomic E-state index is 12.4. The minimum absolute atomic E-state index is 0.0830. The molecule has 1 N–H and O–H groups in total. The number of aryl methyl sites for hydroxylation is 1. The number of nitrogens with zero attached hydrogens (tertiary/aromatic N) is 3. The van der Waals surface area contributed by atoms with Crippen molar-refractivity contribution in [2.24, 2.45) is 5.92 Å². The Morgan fingerprint density at radius 2 is 2.08 bits per heavy atom. The van der Waals surface area contributed by atoms with E-state index in [2.05, 4.69) is 10.3 Å². The quantitative estimate of drug-likeness (QED) is 0.902. The van der Waals surface area contributed by atoms with Gasteiger partial charge >= 0.3 is 6.03 Å². The summed E-state index contributed by atoms with van der Waals surface area (Å²) in [5.41, 5.74) is 3.09. The smallest absolute Gasteiger partial charge is 0.323 e. The molecule has 0 bridgehead atoms. The Bertz CT molecular complexity index is 826. The number of para-hydroxylation sites is 1. The first-order valence-electron chi connectivity index (χ1n) is 8.96. The standard InChI is InChI=1S/C19H22N4O2S/c1-13-12-26-18(20-13)21-19(25)22-8-6-14(7-9-22)11-23-16-5-3-2-4-15(16)10-17(23)24/h2-5,12,14H,6-11H2,1H3,(H,20,21,25). The average Bonchev–Trinajstić information content (AvgIpc) is 3.19. The molecule has 6 nitrogen and oxygen atoms in total. The fourth-order valence-electron chi connectivity index (χ4n) is 3.68. The minimum Gasteiger partial charge on any atom is -0.324 e. The van der Waals surface area contributed by atoms with Crippen LogP contribution in [0.1, 0.15) is 24.1 Å².